The number of aliphatic carboxylic acids is 1. The van der Waals surface area contributed by atoms with Gasteiger partial charge in [0.1, 0.15) is 11.9 Å². The van der Waals surface area contributed by atoms with Crippen molar-refractivity contribution in [1.82, 2.24) is 0 Å². The van der Waals surface area contributed by atoms with Crippen LogP contribution in [0.4, 0.5) is 0 Å². The Morgan fingerprint density at radius 3 is 2.15 bits per heavy atom. The molecule has 0 amide bonds. The lowest BCUT2D eigenvalue weighted by atomic mass is 9.89. The highest BCUT2D eigenvalue weighted by atomic mass is 16.5. The Morgan fingerprint density at radius 1 is 0.882 bits per heavy atom. The summed E-state index contributed by atoms with van der Waals surface area (Å²) in [6, 6.07) is 27.2. The Morgan fingerprint density at radius 2 is 1.50 bits per heavy atom. The van der Waals surface area contributed by atoms with Crippen LogP contribution in [0.15, 0.2) is 97.1 Å². The van der Waals surface area contributed by atoms with E-state index < -0.39 is 24.1 Å². The zero-order valence-electron chi connectivity index (χ0n) is 18.8. The summed E-state index contributed by atoms with van der Waals surface area (Å²) in [5.41, 5.74) is 3.08. The number of carboxylic acids is 1. The number of ketones is 1. The van der Waals surface area contributed by atoms with Crippen LogP contribution >= 0.6 is 0 Å². The van der Waals surface area contributed by atoms with Crippen molar-refractivity contribution in [2.45, 2.75) is 31.5 Å². The minimum absolute atomic E-state index is 0.0763. The molecule has 0 unspecified atom stereocenters. The number of aliphatic hydroxyl groups is 1. The highest BCUT2D eigenvalue weighted by Crippen LogP contribution is 2.38. The van der Waals surface area contributed by atoms with E-state index in [0.29, 0.717) is 12.2 Å². The summed E-state index contributed by atoms with van der Waals surface area (Å²) in [4.78, 5) is 23.9. The van der Waals surface area contributed by atoms with E-state index in [1.807, 2.05) is 84.9 Å². The number of rotatable bonds is 9. The number of hydrogen-bond donors (Lipinski definition) is 2. The largest absolute Gasteiger partial charge is 0.490 e. The molecule has 0 heterocycles. The number of carbonyl (C=O) groups is 2. The fourth-order valence-corrected chi connectivity index (χ4v) is 4.58. The number of allylic oxidation sites excluding steroid dienone is 1. The average Bonchev–Trinajstić information content (AvgIpc) is 3.12. The summed E-state index contributed by atoms with van der Waals surface area (Å²) in [6.45, 7) is 0. The normalized spacial score (nSPS) is 22.0. The molecule has 174 valence electrons. The lowest BCUT2D eigenvalue weighted by molar-refractivity contribution is -0.139. The molecule has 1 aliphatic carbocycles. The first-order chi connectivity index (χ1) is 16.5. The topological polar surface area (TPSA) is 83.8 Å². The van der Waals surface area contributed by atoms with E-state index in [0.717, 1.165) is 16.7 Å². The van der Waals surface area contributed by atoms with Gasteiger partial charge in [0.2, 0.25) is 0 Å². The van der Waals surface area contributed by atoms with Gasteiger partial charge in [0.25, 0.3) is 0 Å². The maximum Gasteiger partial charge on any atom is 0.303 e. The van der Waals surface area contributed by atoms with Gasteiger partial charge in [0, 0.05) is 24.7 Å². The molecule has 0 radical (unpaired) electrons. The van der Waals surface area contributed by atoms with E-state index in [2.05, 4.69) is 0 Å². The Kier molecular flexibility index (Phi) is 7.55. The first kappa shape index (κ1) is 23.5. The smallest absolute Gasteiger partial charge is 0.303 e. The predicted octanol–water partition coefficient (Wildman–Crippen LogP) is 4.94. The number of ether oxygens (including phenoxy) is 1. The third kappa shape index (κ3) is 6.00. The van der Waals surface area contributed by atoms with Crippen molar-refractivity contribution in [2.75, 3.05) is 0 Å². The molecule has 4 atom stereocenters. The second kappa shape index (κ2) is 10.9. The molecular weight excluding hydrogens is 428 g/mol. The maximum absolute atomic E-state index is 12.5. The molecule has 5 heteroatoms. The van der Waals surface area contributed by atoms with E-state index in [4.69, 9.17) is 4.74 Å². The van der Waals surface area contributed by atoms with Crippen molar-refractivity contribution < 1.29 is 24.5 Å². The van der Waals surface area contributed by atoms with Gasteiger partial charge in [-0.05, 0) is 34.9 Å². The lowest BCUT2D eigenvalue weighted by Crippen LogP contribution is -2.26. The fraction of sp³-hybridized carbons (Fsp3) is 0.241. The Labute approximate surface area is 199 Å². The quantitative estimate of drug-likeness (QED) is 0.446. The first-order valence-corrected chi connectivity index (χ1v) is 11.5. The predicted molar refractivity (Wildman–Crippen MR) is 130 cm³/mol. The SMILES string of the molecule is O=C(O)C[C@@H]1[C@@H](C=CC(=O)Cc2ccccc2)[C@H](Oc2ccc(-c3ccccc3)cc2)C[C@@H]1O. The number of benzene rings is 3. The number of aliphatic hydroxyl groups excluding tert-OH is 1. The molecule has 0 bridgehead atoms. The van der Waals surface area contributed by atoms with E-state index >= 15 is 0 Å². The number of hydrogen-bond acceptors (Lipinski definition) is 4. The van der Waals surface area contributed by atoms with Crippen LogP contribution in [0.5, 0.6) is 5.75 Å². The summed E-state index contributed by atoms with van der Waals surface area (Å²) >= 11 is 0. The Hall–Kier alpha value is -3.70. The van der Waals surface area contributed by atoms with Gasteiger partial charge < -0.3 is 14.9 Å². The van der Waals surface area contributed by atoms with Gasteiger partial charge >= 0.3 is 5.97 Å². The van der Waals surface area contributed by atoms with E-state index in [9.17, 15) is 19.8 Å². The van der Waals surface area contributed by atoms with Gasteiger partial charge in [-0.1, -0.05) is 78.9 Å². The molecule has 3 aromatic carbocycles. The van der Waals surface area contributed by atoms with Crippen LogP contribution in [-0.2, 0) is 16.0 Å². The van der Waals surface area contributed by atoms with Gasteiger partial charge in [-0.15, -0.1) is 0 Å². The van der Waals surface area contributed by atoms with Crippen molar-refractivity contribution in [3.8, 4) is 16.9 Å². The van der Waals surface area contributed by atoms with Gasteiger partial charge in [0.05, 0.1) is 12.5 Å². The number of carboxylic acid groups (broad SMARTS) is 1. The molecule has 0 aromatic heterocycles. The van der Waals surface area contributed by atoms with E-state index in [-0.39, 0.29) is 24.5 Å². The van der Waals surface area contributed by atoms with Crippen LogP contribution in [0.25, 0.3) is 11.1 Å². The van der Waals surface area contributed by atoms with Crippen molar-refractivity contribution in [3.05, 3.63) is 103 Å². The third-order valence-electron chi connectivity index (χ3n) is 6.28. The third-order valence-corrected chi connectivity index (χ3v) is 6.28. The summed E-state index contributed by atoms with van der Waals surface area (Å²) in [5, 5.41) is 19.9. The molecule has 0 spiro atoms. The van der Waals surface area contributed by atoms with Crippen LogP contribution in [0.3, 0.4) is 0 Å². The minimum atomic E-state index is -0.981. The van der Waals surface area contributed by atoms with E-state index in [1.165, 1.54) is 6.08 Å². The molecule has 1 aliphatic rings. The van der Waals surface area contributed by atoms with E-state index in [1.54, 1.807) is 6.08 Å². The van der Waals surface area contributed by atoms with Gasteiger partial charge in [-0.25, -0.2) is 0 Å². The van der Waals surface area contributed by atoms with Gasteiger partial charge in [-0.2, -0.15) is 0 Å². The zero-order chi connectivity index (χ0) is 23.9. The molecule has 2 N–H and O–H groups in total. The van der Waals surface area contributed by atoms with Crippen LogP contribution in [0.2, 0.25) is 0 Å². The Bertz CT molecular complexity index is 1120. The zero-order valence-corrected chi connectivity index (χ0v) is 18.8. The lowest BCUT2D eigenvalue weighted by Gasteiger charge is -2.22. The van der Waals surface area contributed by atoms with Crippen LogP contribution < -0.4 is 4.74 Å². The first-order valence-electron chi connectivity index (χ1n) is 11.5. The maximum atomic E-state index is 12.5. The van der Waals surface area contributed by atoms with Gasteiger partial charge in [0.15, 0.2) is 5.78 Å². The molecule has 0 saturated heterocycles. The molecule has 0 aliphatic heterocycles. The summed E-state index contributed by atoms with van der Waals surface area (Å²) in [6.07, 6.45) is 2.36. The summed E-state index contributed by atoms with van der Waals surface area (Å²) < 4.78 is 6.20. The minimum Gasteiger partial charge on any atom is -0.490 e. The molecule has 34 heavy (non-hydrogen) atoms. The summed E-state index contributed by atoms with van der Waals surface area (Å²) in [7, 11) is 0. The van der Waals surface area contributed by atoms with Gasteiger partial charge in [-0.3, -0.25) is 9.59 Å². The second-order valence-corrected chi connectivity index (χ2v) is 8.68. The monoisotopic (exact) mass is 456 g/mol. The fourth-order valence-electron chi connectivity index (χ4n) is 4.58. The van der Waals surface area contributed by atoms with Crippen molar-refractivity contribution in [2.24, 2.45) is 11.8 Å². The molecule has 4 rings (SSSR count). The molecular formula is C29H28O5. The van der Waals surface area contributed by atoms with Crippen LogP contribution in [0, 0.1) is 11.8 Å². The molecule has 5 nitrogen and oxygen atoms in total. The van der Waals surface area contributed by atoms with Crippen LogP contribution in [0.1, 0.15) is 18.4 Å². The second-order valence-electron chi connectivity index (χ2n) is 8.68. The molecule has 1 fully saturated rings. The van der Waals surface area contributed by atoms with Crippen molar-refractivity contribution in [1.29, 1.82) is 0 Å². The van der Waals surface area contributed by atoms with Crippen molar-refractivity contribution in [3.63, 3.8) is 0 Å². The molecule has 3 aromatic rings. The van der Waals surface area contributed by atoms with Crippen LogP contribution in [-0.4, -0.2) is 34.2 Å². The standard InChI is InChI=1S/C29H28O5/c30-23(17-20-7-3-1-4-8-20)13-16-25-26(18-29(32)33)27(31)19-28(25)34-24-14-11-22(12-15-24)21-9-5-2-6-10-21/h1-16,25-28,31H,17-19H2,(H,32,33)/t25-,26-,27+,28-/m1/s1. The summed E-state index contributed by atoms with van der Waals surface area (Å²) in [5.74, 6) is -1.33. The highest BCUT2D eigenvalue weighted by molar-refractivity contribution is 5.91. The Balaban J connectivity index is 1.49. The number of carbonyl (C=O) groups excluding carboxylic acids is 1. The highest BCUT2D eigenvalue weighted by Gasteiger charge is 2.43. The molecule has 1 saturated carbocycles. The van der Waals surface area contributed by atoms with Crippen molar-refractivity contribution >= 4 is 11.8 Å². The average molecular weight is 457 g/mol.